The number of aryl methyl sites for hydroxylation is 2. The van der Waals surface area contributed by atoms with Crippen LogP contribution in [-0.2, 0) is 7.05 Å². The largest absolute Gasteiger partial charge is 0.335 e. The van der Waals surface area contributed by atoms with Gasteiger partial charge in [-0.15, -0.1) is 0 Å². The summed E-state index contributed by atoms with van der Waals surface area (Å²) in [6, 6.07) is 12.9. The fraction of sp³-hybridized carbons (Fsp3) is 0.235. The summed E-state index contributed by atoms with van der Waals surface area (Å²) >= 11 is 0. The van der Waals surface area contributed by atoms with Gasteiger partial charge in [0.2, 0.25) is 0 Å². The van der Waals surface area contributed by atoms with Crippen LogP contribution in [0.3, 0.4) is 0 Å². The average Bonchev–Trinajstić information content (AvgIpc) is 2.75. The molecule has 0 saturated carbocycles. The molecule has 1 atom stereocenters. The van der Waals surface area contributed by atoms with Gasteiger partial charge in [0.05, 0.1) is 0 Å². The van der Waals surface area contributed by atoms with E-state index in [0.717, 1.165) is 5.65 Å². The fourth-order valence-electron chi connectivity index (χ4n) is 2.66. The molecule has 1 aromatic carbocycles. The van der Waals surface area contributed by atoms with E-state index in [0.29, 0.717) is 5.92 Å². The Hall–Kier alpha value is -2.09. The molecule has 2 aromatic heterocycles. The first-order valence-corrected chi connectivity index (χ1v) is 6.63. The van der Waals surface area contributed by atoms with E-state index in [2.05, 4.69) is 73.0 Å². The Morgan fingerprint density at radius 3 is 2.63 bits per heavy atom. The normalized spacial score (nSPS) is 12.8. The van der Waals surface area contributed by atoms with Crippen LogP contribution in [0.2, 0.25) is 0 Å². The van der Waals surface area contributed by atoms with Crippen LogP contribution in [0, 0.1) is 6.92 Å². The summed E-state index contributed by atoms with van der Waals surface area (Å²) in [5, 5.41) is 1.26. The van der Waals surface area contributed by atoms with Crippen LogP contribution >= 0.6 is 0 Å². The topological polar surface area (TPSA) is 17.8 Å². The molecule has 0 saturated heterocycles. The van der Waals surface area contributed by atoms with Gasteiger partial charge in [0.15, 0.2) is 0 Å². The molecule has 0 aliphatic rings. The van der Waals surface area contributed by atoms with Gasteiger partial charge in [0.25, 0.3) is 0 Å². The van der Waals surface area contributed by atoms with E-state index in [1.54, 1.807) is 0 Å². The van der Waals surface area contributed by atoms with Crippen molar-refractivity contribution in [1.29, 1.82) is 0 Å². The quantitative estimate of drug-likeness (QED) is 0.671. The zero-order valence-electron chi connectivity index (χ0n) is 11.6. The number of fused-ring (bicyclic) bond motifs is 1. The Labute approximate surface area is 113 Å². The van der Waals surface area contributed by atoms with Crippen LogP contribution in [0.25, 0.3) is 11.0 Å². The summed E-state index contributed by atoms with van der Waals surface area (Å²) in [5.41, 5.74) is 4.96. The lowest BCUT2D eigenvalue weighted by molar-refractivity contribution is 0.894. The summed E-state index contributed by atoms with van der Waals surface area (Å²) in [7, 11) is 2.06. The molecule has 0 aliphatic carbocycles. The van der Waals surface area contributed by atoms with Gasteiger partial charge < -0.3 is 4.57 Å². The summed E-state index contributed by atoms with van der Waals surface area (Å²) in [6.07, 6.45) is 4.13. The maximum atomic E-state index is 4.54. The predicted molar refractivity (Wildman–Crippen MR) is 79.4 cm³/mol. The van der Waals surface area contributed by atoms with Gasteiger partial charge in [-0.05, 0) is 29.7 Å². The number of hydrogen-bond acceptors (Lipinski definition) is 1. The molecule has 0 bridgehead atoms. The first-order chi connectivity index (χ1) is 9.16. The highest BCUT2D eigenvalue weighted by molar-refractivity contribution is 5.82. The van der Waals surface area contributed by atoms with E-state index < -0.39 is 0 Å². The molecule has 0 N–H and O–H groups in total. The van der Waals surface area contributed by atoms with E-state index in [-0.39, 0.29) is 0 Å². The maximum absolute atomic E-state index is 4.54. The smallest absolute Gasteiger partial charge is 0.139 e. The van der Waals surface area contributed by atoms with Crippen molar-refractivity contribution < 1.29 is 0 Å². The minimum atomic E-state index is 0.383. The number of aromatic nitrogens is 2. The van der Waals surface area contributed by atoms with Crippen molar-refractivity contribution in [3.05, 3.63) is 65.5 Å². The standard InChI is InChI=1S/C17H18N2/c1-12-9-15-16(11-19(3)17(15)18-10-12)13(2)14-7-5-4-6-8-14/h4-11,13H,1-3H3/t13-/m1/s1. The van der Waals surface area contributed by atoms with Crippen LogP contribution in [0.15, 0.2) is 48.8 Å². The molecule has 0 unspecified atom stereocenters. The van der Waals surface area contributed by atoms with Crippen LogP contribution in [0.5, 0.6) is 0 Å². The molecule has 19 heavy (non-hydrogen) atoms. The lowest BCUT2D eigenvalue weighted by Gasteiger charge is -2.11. The van der Waals surface area contributed by atoms with Crippen LogP contribution in [0.1, 0.15) is 29.5 Å². The zero-order chi connectivity index (χ0) is 13.4. The van der Waals surface area contributed by atoms with Gasteiger partial charge in [-0.2, -0.15) is 0 Å². The molecular formula is C17H18N2. The van der Waals surface area contributed by atoms with Crippen molar-refractivity contribution >= 4 is 11.0 Å². The number of hydrogen-bond donors (Lipinski definition) is 0. The molecule has 0 radical (unpaired) electrons. The molecule has 0 fully saturated rings. The van der Waals surface area contributed by atoms with Gasteiger partial charge >= 0.3 is 0 Å². The van der Waals surface area contributed by atoms with Crippen molar-refractivity contribution in [2.75, 3.05) is 0 Å². The highest BCUT2D eigenvalue weighted by Crippen LogP contribution is 2.31. The van der Waals surface area contributed by atoms with E-state index in [9.17, 15) is 0 Å². The monoisotopic (exact) mass is 250 g/mol. The average molecular weight is 250 g/mol. The van der Waals surface area contributed by atoms with E-state index in [1.807, 2.05) is 6.20 Å². The Morgan fingerprint density at radius 2 is 1.89 bits per heavy atom. The molecule has 3 rings (SSSR count). The first-order valence-electron chi connectivity index (χ1n) is 6.63. The summed E-state index contributed by atoms with van der Waals surface area (Å²) < 4.78 is 2.11. The van der Waals surface area contributed by atoms with Crippen LogP contribution < -0.4 is 0 Å². The molecular weight excluding hydrogens is 232 g/mol. The van der Waals surface area contributed by atoms with Crippen molar-refractivity contribution in [3.63, 3.8) is 0 Å². The molecule has 0 spiro atoms. The highest BCUT2D eigenvalue weighted by Gasteiger charge is 2.15. The summed E-state index contributed by atoms with van der Waals surface area (Å²) in [4.78, 5) is 4.54. The predicted octanol–water partition coefficient (Wildman–Crippen LogP) is 4.03. The van der Waals surface area contributed by atoms with Gasteiger partial charge in [0.1, 0.15) is 5.65 Å². The van der Waals surface area contributed by atoms with Gasteiger partial charge in [-0.1, -0.05) is 37.3 Å². The van der Waals surface area contributed by atoms with Gasteiger partial charge in [-0.25, -0.2) is 4.98 Å². The molecule has 96 valence electrons. The number of rotatable bonds is 2. The second-order valence-electron chi connectivity index (χ2n) is 5.21. The lowest BCUT2D eigenvalue weighted by Crippen LogP contribution is -1.94. The maximum Gasteiger partial charge on any atom is 0.139 e. The third kappa shape index (κ3) is 2.03. The van der Waals surface area contributed by atoms with Crippen molar-refractivity contribution in [3.8, 4) is 0 Å². The van der Waals surface area contributed by atoms with Crippen LogP contribution in [0.4, 0.5) is 0 Å². The Kier molecular flexibility index (Phi) is 2.86. The number of pyridine rings is 1. The Balaban J connectivity index is 2.17. The fourth-order valence-corrected chi connectivity index (χ4v) is 2.66. The first kappa shape index (κ1) is 12.0. The molecule has 0 amide bonds. The summed E-state index contributed by atoms with van der Waals surface area (Å²) in [6.45, 7) is 4.35. The third-order valence-electron chi connectivity index (χ3n) is 3.75. The van der Waals surface area contributed by atoms with E-state index >= 15 is 0 Å². The minimum Gasteiger partial charge on any atom is -0.335 e. The SMILES string of the molecule is Cc1cnc2c(c1)c([C@H](C)c1ccccc1)cn2C. The molecule has 0 aliphatic heterocycles. The second kappa shape index (κ2) is 4.54. The van der Waals surface area contributed by atoms with Crippen LogP contribution in [-0.4, -0.2) is 9.55 Å². The number of nitrogens with zero attached hydrogens (tertiary/aromatic N) is 2. The summed E-state index contributed by atoms with van der Waals surface area (Å²) in [5.74, 6) is 0.383. The highest BCUT2D eigenvalue weighted by atomic mass is 15.0. The van der Waals surface area contributed by atoms with Gasteiger partial charge in [-0.3, -0.25) is 0 Å². The Bertz CT molecular complexity index is 711. The number of benzene rings is 1. The van der Waals surface area contributed by atoms with Crippen molar-refractivity contribution in [2.24, 2.45) is 7.05 Å². The van der Waals surface area contributed by atoms with Crippen molar-refractivity contribution in [2.45, 2.75) is 19.8 Å². The lowest BCUT2D eigenvalue weighted by atomic mass is 9.93. The third-order valence-corrected chi connectivity index (χ3v) is 3.75. The Morgan fingerprint density at radius 1 is 1.16 bits per heavy atom. The molecule has 2 nitrogen and oxygen atoms in total. The van der Waals surface area contributed by atoms with E-state index in [1.165, 1.54) is 22.1 Å². The van der Waals surface area contributed by atoms with Crippen molar-refractivity contribution in [1.82, 2.24) is 9.55 Å². The molecule has 2 heteroatoms. The zero-order valence-corrected chi connectivity index (χ0v) is 11.6. The molecule has 3 aromatic rings. The second-order valence-corrected chi connectivity index (χ2v) is 5.21. The molecule has 2 heterocycles. The van der Waals surface area contributed by atoms with Gasteiger partial charge in [0, 0.05) is 30.7 Å². The minimum absolute atomic E-state index is 0.383. The van der Waals surface area contributed by atoms with E-state index in [4.69, 9.17) is 0 Å².